The predicted molar refractivity (Wildman–Crippen MR) is 68.8 cm³/mol. The Morgan fingerprint density at radius 2 is 1.88 bits per heavy atom. The van der Waals surface area contributed by atoms with Crippen LogP contribution < -0.4 is 5.32 Å². The first-order valence-electron chi connectivity index (χ1n) is 6.64. The molecule has 0 radical (unpaired) electrons. The molecule has 0 bridgehead atoms. The summed E-state index contributed by atoms with van der Waals surface area (Å²) in [6.45, 7) is 10.4. The van der Waals surface area contributed by atoms with Crippen molar-refractivity contribution in [1.82, 2.24) is 15.1 Å². The minimum Gasteiger partial charge on any atom is -0.340 e. The molecule has 0 spiro atoms. The molecule has 2 rings (SSSR count). The summed E-state index contributed by atoms with van der Waals surface area (Å²) in [7, 11) is 0. The zero-order valence-corrected chi connectivity index (χ0v) is 10.5. The van der Waals surface area contributed by atoms with Crippen molar-refractivity contribution in [3.05, 3.63) is 12.7 Å². The molecular weight excluding hydrogens is 214 g/mol. The highest BCUT2D eigenvalue weighted by Gasteiger charge is 2.27. The van der Waals surface area contributed by atoms with Crippen LogP contribution in [0.1, 0.15) is 12.8 Å². The second-order valence-electron chi connectivity index (χ2n) is 4.94. The lowest BCUT2D eigenvalue weighted by molar-refractivity contribution is -0.138. The third-order valence-electron chi connectivity index (χ3n) is 3.76. The molecule has 0 aromatic heterocycles. The summed E-state index contributed by atoms with van der Waals surface area (Å²) in [6.07, 6.45) is 3.95. The van der Waals surface area contributed by atoms with Crippen molar-refractivity contribution in [3.63, 3.8) is 0 Å². The summed E-state index contributed by atoms with van der Waals surface area (Å²) in [5.41, 5.74) is 0. The monoisotopic (exact) mass is 237 g/mol. The SMILES string of the molecule is C=CCN1CCN(C(=O)C2CCNCC2)CC1. The van der Waals surface area contributed by atoms with Crippen LogP contribution >= 0.6 is 0 Å². The van der Waals surface area contributed by atoms with Gasteiger partial charge in [0.05, 0.1) is 0 Å². The van der Waals surface area contributed by atoms with Gasteiger partial charge in [0.1, 0.15) is 0 Å². The van der Waals surface area contributed by atoms with Crippen LogP contribution in [0.15, 0.2) is 12.7 Å². The minimum atomic E-state index is 0.266. The molecule has 2 saturated heterocycles. The van der Waals surface area contributed by atoms with E-state index < -0.39 is 0 Å². The van der Waals surface area contributed by atoms with Crippen LogP contribution in [0.4, 0.5) is 0 Å². The molecule has 2 aliphatic rings. The average Bonchev–Trinajstić information content (AvgIpc) is 2.40. The normalized spacial score (nSPS) is 23.6. The zero-order valence-electron chi connectivity index (χ0n) is 10.5. The molecule has 2 heterocycles. The maximum atomic E-state index is 12.3. The van der Waals surface area contributed by atoms with Crippen LogP contribution in [0.3, 0.4) is 0 Å². The van der Waals surface area contributed by atoms with Gasteiger partial charge in [-0.3, -0.25) is 9.69 Å². The fraction of sp³-hybridized carbons (Fsp3) is 0.769. The number of carbonyl (C=O) groups excluding carboxylic acids is 1. The number of hydrogen-bond donors (Lipinski definition) is 1. The maximum absolute atomic E-state index is 12.3. The molecule has 0 atom stereocenters. The number of nitrogens with one attached hydrogen (secondary N) is 1. The summed E-state index contributed by atoms with van der Waals surface area (Å²) in [4.78, 5) is 16.7. The van der Waals surface area contributed by atoms with Gasteiger partial charge in [-0.05, 0) is 25.9 Å². The van der Waals surface area contributed by atoms with Crippen LogP contribution in [0.5, 0.6) is 0 Å². The number of nitrogens with zero attached hydrogens (tertiary/aromatic N) is 2. The summed E-state index contributed by atoms with van der Waals surface area (Å²) in [5.74, 6) is 0.645. The molecule has 1 N–H and O–H groups in total. The summed E-state index contributed by atoms with van der Waals surface area (Å²) in [5, 5.41) is 3.31. The molecule has 2 fully saturated rings. The van der Waals surface area contributed by atoms with Gasteiger partial charge in [-0.15, -0.1) is 6.58 Å². The van der Waals surface area contributed by atoms with Crippen molar-refractivity contribution in [1.29, 1.82) is 0 Å². The number of hydrogen-bond acceptors (Lipinski definition) is 3. The molecule has 0 aromatic carbocycles. The molecule has 0 unspecified atom stereocenters. The van der Waals surface area contributed by atoms with Crippen LogP contribution in [-0.2, 0) is 4.79 Å². The van der Waals surface area contributed by atoms with Gasteiger partial charge >= 0.3 is 0 Å². The van der Waals surface area contributed by atoms with E-state index in [2.05, 4.69) is 21.7 Å². The molecule has 4 nitrogen and oxygen atoms in total. The van der Waals surface area contributed by atoms with Gasteiger partial charge in [-0.2, -0.15) is 0 Å². The van der Waals surface area contributed by atoms with E-state index in [0.29, 0.717) is 5.91 Å². The number of amides is 1. The molecule has 4 heteroatoms. The second kappa shape index (κ2) is 6.17. The van der Waals surface area contributed by atoms with Crippen molar-refractivity contribution in [2.45, 2.75) is 12.8 Å². The van der Waals surface area contributed by atoms with Crippen molar-refractivity contribution in [2.75, 3.05) is 45.8 Å². The molecule has 0 saturated carbocycles. The van der Waals surface area contributed by atoms with Crippen molar-refractivity contribution in [2.24, 2.45) is 5.92 Å². The average molecular weight is 237 g/mol. The van der Waals surface area contributed by atoms with Crippen LogP contribution in [-0.4, -0.2) is 61.5 Å². The van der Waals surface area contributed by atoms with Crippen molar-refractivity contribution < 1.29 is 4.79 Å². The van der Waals surface area contributed by atoms with Crippen LogP contribution in [0.2, 0.25) is 0 Å². The Morgan fingerprint density at radius 1 is 1.24 bits per heavy atom. The van der Waals surface area contributed by atoms with Crippen LogP contribution in [0, 0.1) is 5.92 Å². The Morgan fingerprint density at radius 3 is 2.47 bits per heavy atom. The third kappa shape index (κ3) is 3.30. The third-order valence-corrected chi connectivity index (χ3v) is 3.76. The van der Waals surface area contributed by atoms with Gasteiger partial charge in [-0.1, -0.05) is 6.08 Å². The first kappa shape index (κ1) is 12.6. The van der Waals surface area contributed by atoms with E-state index in [1.807, 2.05) is 6.08 Å². The zero-order chi connectivity index (χ0) is 12.1. The number of rotatable bonds is 3. The highest BCUT2D eigenvalue weighted by molar-refractivity contribution is 5.79. The molecule has 0 aliphatic carbocycles. The Labute approximate surface area is 104 Å². The molecular formula is C13H23N3O. The maximum Gasteiger partial charge on any atom is 0.225 e. The molecule has 0 aromatic rings. The van der Waals surface area contributed by atoms with Gasteiger partial charge < -0.3 is 10.2 Å². The van der Waals surface area contributed by atoms with Crippen molar-refractivity contribution >= 4 is 5.91 Å². The number of piperidine rings is 1. The van der Waals surface area contributed by atoms with E-state index >= 15 is 0 Å². The van der Waals surface area contributed by atoms with Crippen LogP contribution in [0.25, 0.3) is 0 Å². The van der Waals surface area contributed by atoms with E-state index in [-0.39, 0.29) is 5.92 Å². The summed E-state index contributed by atoms with van der Waals surface area (Å²) < 4.78 is 0. The van der Waals surface area contributed by atoms with Gasteiger partial charge in [0.2, 0.25) is 5.91 Å². The molecule has 17 heavy (non-hydrogen) atoms. The Balaban J connectivity index is 1.79. The molecule has 96 valence electrons. The first-order chi connectivity index (χ1) is 8.31. The standard InChI is InChI=1S/C13H23N3O/c1-2-7-15-8-10-16(11-9-15)13(17)12-3-5-14-6-4-12/h2,12,14H,1,3-11H2. The van der Waals surface area contributed by atoms with E-state index in [0.717, 1.165) is 58.7 Å². The molecule has 1 amide bonds. The smallest absolute Gasteiger partial charge is 0.225 e. The fourth-order valence-corrected chi connectivity index (χ4v) is 2.66. The van der Waals surface area contributed by atoms with Gasteiger partial charge in [0.15, 0.2) is 0 Å². The summed E-state index contributed by atoms with van der Waals surface area (Å²) >= 11 is 0. The Bertz CT molecular complexity index is 266. The second-order valence-corrected chi connectivity index (χ2v) is 4.94. The minimum absolute atomic E-state index is 0.266. The van der Waals surface area contributed by atoms with E-state index in [1.54, 1.807) is 0 Å². The highest BCUT2D eigenvalue weighted by atomic mass is 16.2. The lowest BCUT2D eigenvalue weighted by atomic mass is 9.96. The van der Waals surface area contributed by atoms with E-state index in [1.165, 1.54) is 0 Å². The number of piperazine rings is 1. The Hall–Kier alpha value is -0.870. The fourth-order valence-electron chi connectivity index (χ4n) is 2.66. The van der Waals surface area contributed by atoms with E-state index in [4.69, 9.17) is 0 Å². The van der Waals surface area contributed by atoms with Gasteiger partial charge in [-0.25, -0.2) is 0 Å². The number of carbonyl (C=O) groups is 1. The topological polar surface area (TPSA) is 35.6 Å². The van der Waals surface area contributed by atoms with Gasteiger partial charge in [0.25, 0.3) is 0 Å². The quantitative estimate of drug-likeness (QED) is 0.718. The van der Waals surface area contributed by atoms with Gasteiger partial charge in [0, 0.05) is 38.6 Å². The van der Waals surface area contributed by atoms with E-state index in [9.17, 15) is 4.79 Å². The predicted octanol–water partition coefficient (Wildman–Crippen LogP) is 0.316. The highest BCUT2D eigenvalue weighted by Crippen LogP contribution is 2.16. The molecule has 2 aliphatic heterocycles. The Kier molecular flexibility index (Phi) is 4.57. The van der Waals surface area contributed by atoms with Crippen molar-refractivity contribution in [3.8, 4) is 0 Å². The lowest BCUT2D eigenvalue weighted by Crippen LogP contribution is -2.51. The largest absolute Gasteiger partial charge is 0.340 e. The lowest BCUT2D eigenvalue weighted by Gasteiger charge is -2.36. The summed E-state index contributed by atoms with van der Waals surface area (Å²) in [6, 6.07) is 0. The first-order valence-corrected chi connectivity index (χ1v) is 6.64.